The molecule has 1 N–H and O–H groups in total. The zero-order valence-electron chi connectivity index (χ0n) is 19.4. The average Bonchev–Trinajstić information content (AvgIpc) is 3.07. The van der Waals surface area contributed by atoms with Gasteiger partial charge in [0.05, 0.1) is 18.2 Å². The Labute approximate surface area is 204 Å². The molecule has 0 aliphatic carbocycles. The van der Waals surface area contributed by atoms with Gasteiger partial charge in [-0.1, -0.05) is 54.0 Å². The standard InChI is InChI=1S/C26H31BrN2O4/c1-4-28(5-2)15-8-16-29-23(18-11-13-20(27)14-12-18)22(25(31)26(29)32)24(30)19-9-7-10-21(17-19)33-6-3/h7,9-14,17,23,30H,4-6,8,15-16H2,1-3H3/b24-22+. The predicted molar refractivity (Wildman–Crippen MR) is 133 cm³/mol. The predicted octanol–water partition coefficient (Wildman–Crippen LogP) is 5.00. The molecule has 0 saturated carbocycles. The first-order valence-corrected chi connectivity index (χ1v) is 12.2. The van der Waals surface area contributed by atoms with E-state index in [4.69, 9.17) is 4.74 Å². The number of carbonyl (C=O) groups excluding carboxylic acids is 2. The average molecular weight is 515 g/mol. The van der Waals surface area contributed by atoms with Crippen molar-refractivity contribution in [3.63, 3.8) is 0 Å². The lowest BCUT2D eigenvalue weighted by Gasteiger charge is -2.27. The normalized spacial score (nSPS) is 17.7. The summed E-state index contributed by atoms with van der Waals surface area (Å²) >= 11 is 3.44. The number of aliphatic hydroxyl groups excluding tert-OH is 1. The second kappa shape index (κ2) is 11.5. The summed E-state index contributed by atoms with van der Waals surface area (Å²) in [4.78, 5) is 30.1. The van der Waals surface area contributed by atoms with E-state index in [-0.39, 0.29) is 11.3 Å². The Morgan fingerprint density at radius 1 is 1.09 bits per heavy atom. The van der Waals surface area contributed by atoms with Crippen molar-refractivity contribution in [2.45, 2.75) is 33.2 Å². The number of rotatable bonds is 10. The molecule has 33 heavy (non-hydrogen) atoms. The van der Waals surface area contributed by atoms with E-state index in [9.17, 15) is 14.7 Å². The van der Waals surface area contributed by atoms with Gasteiger partial charge in [0.15, 0.2) is 0 Å². The van der Waals surface area contributed by atoms with Crippen LogP contribution in [0, 0.1) is 0 Å². The third-order valence-electron chi connectivity index (χ3n) is 5.91. The summed E-state index contributed by atoms with van der Waals surface area (Å²) in [6.07, 6.45) is 0.738. The molecule has 6 nitrogen and oxygen atoms in total. The quantitative estimate of drug-likeness (QED) is 0.274. The van der Waals surface area contributed by atoms with Crippen molar-refractivity contribution in [2.75, 3.05) is 32.8 Å². The van der Waals surface area contributed by atoms with Gasteiger partial charge in [0.25, 0.3) is 11.7 Å². The maximum atomic E-state index is 13.1. The molecular formula is C26H31BrN2O4. The van der Waals surface area contributed by atoms with E-state index >= 15 is 0 Å². The minimum atomic E-state index is -0.662. The van der Waals surface area contributed by atoms with Crippen molar-refractivity contribution in [2.24, 2.45) is 0 Å². The highest BCUT2D eigenvalue weighted by Gasteiger charge is 2.45. The van der Waals surface area contributed by atoms with Crippen LogP contribution in [-0.4, -0.2) is 59.4 Å². The van der Waals surface area contributed by atoms with Gasteiger partial charge in [-0.25, -0.2) is 0 Å². The Morgan fingerprint density at radius 3 is 2.42 bits per heavy atom. The first kappa shape index (κ1) is 25.0. The first-order valence-electron chi connectivity index (χ1n) is 11.4. The molecular weight excluding hydrogens is 484 g/mol. The molecule has 1 amide bonds. The summed E-state index contributed by atoms with van der Waals surface area (Å²) in [7, 11) is 0. The molecule has 176 valence electrons. The third-order valence-corrected chi connectivity index (χ3v) is 6.44. The number of halogens is 1. The Balaban J connectivity index is 2.02. The molecule has 2 aromatic rings. The highest BCUT2D eigenvalue weighted by molar-refractivity contribution is 9.10. The van der Waals surface area contributed by atoms with E-state index in [1.54, 1.807) is 29.2 Å². The Morgan fingerprint density at radius 2 is 1.79 bits per heavy atom. The number of benzene rings is 2. The number of carbonyl (C=O) groups is 2. The van der Waals surface area contributed by atoms with Gasteiger partial charge >= 0.3 is 0 Å². The highest BCUT2D eigenvalue weighted by Crippen LogP contribution is 2.40. The molecule has 1 unspecified atom stereocenters. The molecule has 1 aliphatic rings. The van der Waals surface area contributed by atoms with Gasteiger partial charge in [0.2, 0.25) is 0 Å². The molecule has 0 radical (unpaired) electrons. The van der Waals surface area contributed by atoms with Crippen LogP contribution in [-0.2, 0) is 9.59 Å². The van der Waals surface area contributed by atoms with Crippen LogP contribution in [0.25, 0.3) is 5.76 Å². The maximum absolute atomic E-state index is 13.1. The van der Waals surface area contributed by atoms with Crippen LogP contribution in [0.4, 0.5) is 0 Å². The topological polar surface area (TPSA) is 70.1 Å². The van der Waals surface area contributed by atoms with Crippen LogP contribution in [0.5, 0.6) is 5.75 Å². The number of hydrogen-bond acceptors (Lipinski definition) is 5. The summed E-state index contributed by atoms with van der Waals surface area (Å²) in [5, 5.41) is 11.2. The van der Waals surface area contributed by atoms with Crippen LogP contribution in [0.1, 0.15) is 44.4 Å². The van der Waals surface area contributed by atoms with Gasteiger partial charge < -0.3 is 19.6 Å². The van der Waals surface area contributed by atoms with E-state index in [2.05, 4.69) is 34.7 Å². The smallest absolute Gasteiger partial charge is 0.295 e. The summed E-state index contributed by atoms with van der Waals surface area (Å²) in [6, 6.07) is 13.8. The highest BCUT2D eigenvalue weighted by atomic mass is 79.9. The molecule has 1 fully saturated rings. The number of amides is 1. The number of Topliss-reactive ketones (excluding diaryl/α,β-unsaturated/α-hetero) is 1. The number of ether oxygens (including phenoxy) is 1. The van der Waals surface area contributed by atoms with Crippen LogP contribution >= 0.6 is 15.9 Å². The maximum Gasteiger partial charge on any atom is 0.295 e. The fourth-order valence-electron chi connectivity index (χ4n) is 4.16. The molecule has 1 heterocycles. The van der Waals surface area contributed by atoms with Gasteiger partial charge in [-0.2, -0.15) is 0 Å². The molecule has 0 aromatic heterocycles. The molecule has 0 spiro atoms. The van der Waals surface area contributed by atoms with Gasteiger partial charge in [0.1, 0.15) is 11.5 Å². The Kier molecular flexibility index (Phi) is 8.69. The molecule has 2 aromatic carbocycles. The van der Waals surface area contributed by atoms with Crippen LogP contribution < -0.4 is 4.74 Å². The summed E-state index contributed by atoms with van der Waals surface area (Å²) in [5.74, 6) is -0.834. The largest absolute Gasteiger partial charge is 0.507 e. The third kappa shape index (κ3) is 5.65. The zero-order valence-corrected chi connectivity index (χ0v) is 21.0. The molecule has 0 bridgehead atoms. The number of hydrogen-bond donors (Lipinski definition) is 1. The second-order valence-electron chi connectivity index (χ2n) is 7.89. The van der Waals surface area contributed by atoms with Crippen LogP contribution in [0.15, 0.2) is 58.6 Å². The van der Waals surface area contributed by atoms with Crippen LogP contribution in [0.3, 0.4) is 0 Å². The van der Waals surface area contributed by atoms with Gasteiger partial charge in [-0.15, -0.1) is 0 Å². The zero-order chi connectivity index (χ0) is 24.0. The van der Waals surface area contributed by atoms with E-state index in [0.29, 0.717) is 24.5 Å². The minimum absolute atomic E-state index is 0.110. The Hall–Kier alpha value is -2.64. The minimum Gasteiger partial charge on any atom is -0.507 e. The van der Waals surface area contributed by atoms with Crippen molar-refractivity contribution in [1.82, 2.24) is 9.80 Å². The number of likely N-dealkylation sites (tertiary alicyclic amines) is 1. The van der Waals surface area contributed by atoms with E-state index in [0.717, 1.165) is 36.1 Å². The number of aliphatic hydroxyl groups is 1. The fourth-order valence-corrected chi connectivity index (χ4v) is 4.43. The van der Waals surface area contributed by atoms with Crippen molar-refractivity contribution in [3.05, 3.63) is 69.7 Å². The lowest BCUT2D eigenvalue weighted by Crippen LogP contribution is -2.33. The number of ketones is 1. The summed E-state index contributed by atoms with van der Waals surface area (Å²) < 4.78 is 6.44. The molecule has 3 rings (SSSR count). The van der Waals surface area contributed by atoms with E-state index in [1.807, 2.05) is 31.2 Å². The van der Waals surface area contributed by atoms with Gasteiger partial charge in [-0.3, -0.25) is 9.59 Å². The van der Waals surface area contributed by atoms with Crippen molar-refractivity contribution in [1.29, 1.82) is 0 Å². The van der Waals surface area contributed by atoms with Crippen molar-refractivity contribution in [3.8, 4) is 5.75 Å². The SMILES string of the molecule is CCOc1cccc(/C(O)=C2\C(=O)C(=O)N(CCCN(CC)CC)C2c2ccc(Br)cc2)c1. The lowest BCUT2D eigenvalue weighted by atomic mass is 9.95. The first-order chi connectivity index (χ1) is 15.9. The second-order valence-corrected chi connectivity index (χ2v) is 8.80. The Bertz CT molecular complexity index is 1020. The number of nitrogens with zero attached hydrogens (tertiary/aromatic N) is 2. The lowest BCUT2D eigenvalue weighted by molar-refractivity contribution is -0.140. The summed E-state index contributed by atoms with van der Waals surface area (Å²) in [5.41, 5.74) is 1.34. The monoisotopic (exact) mass is 514 g/mol. The van der Waals surface area contributed by atoms with Crippen molar-refractivity contribution >= 4 is 33.4 Å². The molecule has 1 aliphatic heterocycles. The van der Waals surface area contributed by atoms with Gasteiger partial charge in [0, 0.05) is 16.6 Å². The summed E-state index contributed by atoms with van der Waals surface area (Å²) in [6.45, 7) is 9.70. The van der Waals surface area contributed by atoms with Gasteiger partial charge in [-0.05, 0) is 62.8 Å². The fraction of sp³-hybridized carbons (Fsp3) is 0.385. The van der Waals surface area contributed by atoms with Crippen LogP contribution in [0.2, 0.25) is 0 Å². The van der Waals surface area contributed by atoms with E-state index < -0.39 is 17.7 Å². The van der Waals surface area contributed by atoms with E-state index in [1.165, 1.54) is 0 Å². The molecule has 1 saturated heterocycles. The molecule has 7 heteroatoms. The van der Waals surface area contributed by atoms with Crippen molar-refractivity contribution < 1.29 is 19.4 Å². The molecule has 1 atom stereocenters.